The van der Waals surface area contributed by atoms with Gasteiger partial charge in [0.25, 0.3) is 5.91 Å². The number of morpholine rings is 1. The minimum Gasteiger partial charge on any atom is -0.370 e. The molecule has 138 valence electrons. The van der Waals surface area contributed by atoms with Crippen molar-refractivity contribution in [2.45, 2.75) is 37.6 Å². The smallest absolute Gasteiger partial charge is 0.253 e. The SMILES string of the molecule is O=C(NCC1([NH+]2CCOCC2)CCCCC1)c1cc(F)c(F)cc1Cl. The number of quaternary nitrogens is 1. The molecule has 0 aromatic heterocycles. The van der Waals surface area contributed by atoms with Crippen LogP contribution < -0.4 is 10.2 Å². The number of amides is 1. The lowest BCUT2D eigenvalue weighted by molar-refractivity contribution is -0.960. The Bertz CT molecular complexity index is 630. The molecule has 2 N–H and O–H groups in total. The molecule has 4 nitrogen and oxygen atoms in total. The van der Waals surface area contributed by atoms with E-state index in [9.17, 15) is 13.6 Å². The number of hydrogen-bond donors (Lipinski definition) is 2. The van der Waals surface area contributed by atoms with Crippen LogP contribution in [0.4, 0.5) is 8.78 Å². The van der Waals surface area contributed by atoms with Gasteiger partial charge >= 0.3 is 0 Å². The second kappa shape index (κ2) is 7.98. The van der Waals surface area contributed by atoms with E-state index in [0.29, 0.717) is 6.54 Å². The Kier molecular flexibility index (Phi) is 5.92. The summed E-state index contributed by atoms with van der Waals surface area (Å²) in [6, 6.07) is 1.71. The maximum absolute atomic E-state index is 13.4. The van der Waals surface area contributed by atoms with Gasteiger partial charge in [-0.1, -0.05) is 18.0 Å². The minimum atomic E-state index is -1.07. The van der Waals surface area contributed by atoms with Crippen LogP contribution in [0, 0.1) is 11.6 Å². The molecule has 0 bridgehead atoms. The number of nitrogens with one attached hydrogen (secondary N) is 2. The van der Waals surface area contributed by atoms with Crippen molar-refractivity contribution in [2.75, 3.05) is 32.8 Å². The quantitative estimate of drug-likeness (QED) is 0.792. The molecule has 1 heterocycles. The fraction of sp³-hybridized carbons (Fsp3) is 0.611. The molecule has 0 spiro atoms. The summed E-state index contributed by atoms with van der Waals surface area (Å²) in [6.07, 6.45) is 5.61. The highest BCUT2D eigenvalue weighted by atomic mass is 35.5. The van der Waals surface area contributed by atoms with Gasteiger partial charge in [0, 0.05) is 12.8 Å². The lowest BCUT2D eigenvalue weighted by Gasteiger charge is -2.45. The average molecular weight is 374 g/mol. The molecule has 1 aliphatic carbocycles. The third-order valence-electron chi connectivity index (χ3n) is 5.50. The predicted molar refractivity (Wildman–Crippen MR) is 91.0 cm³/mol. The molecule has 0 unspecified atom stereocenters. The highest BCUT2D eigenvalue weighted by molar-refractivity contribution is 6.33. The van der Waals surface area contributed by atoms with Gasteiger partial charge in [-0.05, 0) is 25.0 Å². The highest BCUT2D eigenvalue weighted by Crippen LogP contribution is 2.26. The van der Waals surface area contributed by atoms with Crippen LogP contribution in [0.1, 0.15) is 42.5 Å². The normalized spacial score (nSPS) is 21.1. The Morgan fingerprint density at radius 2 is 1.80 bits per heavy atom. The molecular weight excluding hydrogens is 350 g/mol. The maximum atomic E-state index is 13.4. The van der Waals surface area contributed by atoms with Gasteiger partial charge in [0.1, 0.15) is 18.6 Å². The zero-order valence-corrected chi connectivity index (χ0v) is 14.9. The summed E-state index contributed by atoms with van der Waals surface area (Å²) in [5.41, 5.74) is -0.0357. The van der Waals surface area contributed by atoms with Gasteiger partial charge in [0.15, 0.2) is 11.6 Å². The van der Waals surface area contributed by atoms with E-state index in [0.717, 1.165) is 64.1 Å². The van der Waals surface area contributed by atoms with Crippen LogP contribution in [-0.4, -0.2) is 44.3 Å². The van der Waals surface area contributed by atoms with E-state index < -0.39 is 17.5 Å². The third-order valence-corrected chi connectivity index (χ3v) is 5.81. The summed E-state index contributed by atoms with van der Waals surface area (Å²) in [5, 5.41) is 2.84. The molecule has 25 heavy (non-hydrogen) atoms. The minimum absolute atomic E-state index is 0.0112. The van der Waals surface area contributed by atoms with Crippen LogP contribution in [0.2, 0.25) is 5.02 Å². The third kappa shape index (κ3) is 4.13. The van der Waals surface area contributed by atoms with E-state index in [1.54, 1.807) is 0 Å². The number of rotatable bonds is 4. The van der Waals surface area contributed by atoms with Crippen molar-refractivity contribution < 1.29 is 23.2 Å². The van der Waals surface area contributed by atoms with Crippen molar-refractivity contribution in [1.29, 1.82) is 0 Å². The average Bonchev–Trinajstić information content (AvgIpc) is 2.64. The van der Waals surface area contributed by atoms with Crippen LogP contribution in [-0.2, 0) is 4.74 Å². The van der Waals surface area contributed by atoms with Gasteiger partial charge in [-0.25, -0.2) is 8.78 Å². The number of ether oxygens (including phenoxy) is 1. The van der Waals surface area contributed by atoms with Gasteiger partial charge in [0.05, 0.1) is 30.3 Å². The maximum Gasteiger partial charge on any atom is 0.253 e. The van der Waals surface area contributed by atoms with Crippen molar-refractivity contribution >= 4 is 17.5 Å². The first-order valence-corrected chi connectivity index (χ1v) is 9.25. The number of carbonyl (C=O) groups is 1. The number of halogens is 3. The predicted octanol–water partition coefficient (Wildman–Crippen LogP) is 1.97. The van der Waals surface area contributed by atoms with Crippen molar-refractivity contribution in [3.05, 3.63) is 34.4 Å². The highest BCUT2D eigenvalue weighted by Gasteiger charge is 2.42. The second-order valence-corrected chi connectivity index (χ2v) is 7.39. The summed E-state index contributed by atoms with van der Waals surface area (Å²) < 4.78 is 32.1. The summed E-state index contributed by atoms with van der Waals surface area (Å²) >= 11 is 5.91. The number of benzene rings is 1. The zero-order valence-electron chi connectivity index (χ0n) is 14.2. The Hall–Kier alpha value is -1.24. The molecule has 0 atom stereocenters. The molecule has 2 aliphatic rings. The summed E-state index contributed by atoms with van der Waals surface area (Å²) in [7, 11) is 0. The topological polar surface area (TPSA) is 42.8 Å². The van der Waals surface area contributed by atoms with Crippen molar-refractivity contribution in [3.8, 4) is 0 Å². The van der Waals surface area contributed by atoms with E-state index in [4.69, 9.17) is 16.3 Å². The molecule has 0 radical (unpaired) electrons. The van der Waals surface area contributed by atoms with Crippen LogP contribution in [0.25, 0.3) is 0 Å². The first kappa shape index (κ1) is 18.5. The van der Waals surface area contributed by atoms with E-state index in [1.807, 2.05) is 0 Å². The van der Waals surface area contributed by atoms with Crippen LogP contribution >= 0.6 is 11.6 Å². The summed E-state index contributed by atoms with van der Waals surface area (Å²) in [4.78, 5) is 13.9. The van der Waals surface area contributed by atoms with Crippen molar-refractivity contribution in [3.63, 3.8) is 0 Å². The first-order valence-electron chi connectivity index (χ1n) is 8.87. The fourth-order valence-electron chi connectivity index (χ4n) is 4.07. The molecule has 1 saturated heterocycles. The zero-order chi connectivity index (χ0) is 17.9. The standard InChI is InChI=1S/C18H23ClF2N2O2/c19-14-11-16(21)15(20)10-13(14)17(24)22-12-18(4-2-1-3-5-18)23-6-8-25-9-7-23/h10-11H,1-9,12H2,(H,22,24)/p+1. The largest absolute Gasteiger partial charge is 0.370 e. The fourth-order valence-corrected chi connectivity index (χ4v) is 4.31. The summed E-state index contributed by atoms with van der Waals surface area (Å²) in [6.45, 7) is 3.85. The lowest BCUT2D eigenvalue weighted by atomic mass is 9.79. The van der Waals surface area contributed by atoms with Crippen molar-refractivity contribution in [2.24, 2.45) is 0 Å². The molecule has 7 heteroatoms. The molecule has 1 saturated carbocycles. The Labute approximate surface area is 151 Å². The van der Waals surface area contributed by atoms with Gasteiger partial charge in [-0.15, -0.1) is 0 Å². The van der Waals surface area contributed by atoms with Crippen LogP contribution in [0.15, 0.2) is 12.1 Å². The Balaban J connectivity index is 1.72. The summed E-state index contributed by atoms with van der Waals surface area (Å²) in [5.74, 6) is -2.58. The molecule has 2 fully saturated rings. The van der Waals surface area contributed by atoms with E-state index in [1.165, 1.54) is 11.3 Å². The molecule has 1 aromatic rings. The number of carbonyl (C=O) groups excluding carboxylic acids is 1. The van der Waals surface area contributed by atoms with E-state index in [-0.39, 0.29) is 16.1 Å². The van der Waals surface area contributed by atoms with Crippen molar-refractivity contribution in [1.82, 2.24) is 5.32 Å². The molecule has 3 rings (SSSR count). The van der Waals surface area contributed by atoms with Gasteiger partial charge in [0.2, 0.25) is 0 Å². The number of hydrogen-bond acceptors (Lipinski definition) is 2. The van der Waals surface area contributed by atoms with E-state index in [2.05, 4.69) is 5.32 Å². The molecule has 1 amide bonds. The van der Waals surface area contributed by atoms with Crippen LogP contribution in [0.3, 0.4) is 0 Å². The van der Waals surface area contributed by atoms with Gasteiger partial charge in [-0.2, -0.15) is 0 Å². The molecule has 1 aromatic carbocycles. The Morgan fingerprint density at radius 3 is 2.48 bits per heavy atom. The Morgan fingerprint density at radius 1 is 1.16 bits per heavy atom. The first-order chi connectivity index (χ1) is 12.0. The lowest BCUT2D eigenvalue weighted by Crippen LogP contribution is -3.23. The van der Waals surface area contributed by atoms with E-state index >= 15 is 0 Å². The van der Waals surface area contributed by atoms with Crippen LogP contribution in [0.5, 0.6) is 0 Å². The molecular formula is C18H24ClF2N2O2+. The monoisotopic (exact) mass is 373 g/mol. The van der Waals surface area contributed by atoms with Gasteiger partial charge in [-0.3, -0.25) is 4.79 Å². The second-order valence-electron chi connectivity index (χ2n) is 6.99. The van der Waals surface area contributed by atoms with Gasteiger partial charge < -0.3 is 15.0 Å². The molecule has 1 aliphatic heterocycles.